The summed E-state index contributed by atoms with van der Waals surface area (Å²) < 4.78 is 65.1. The summed E-state index contributed by atoms with van der Waals surface area (Å²) >= 11 is 0. The van der Waals surface area contributed by atoms with Crippen molar-refractivity contribution in [2.45, 2.75) is 119 Å². The van der Waals surface area contributed by atoms with E-state index in [2.05, 4.69) is 16.0 Å². The van der Waals surface area contributed by atoms with Gasteiger partial charge in [-0.3, -0.25) is 4.68 Å². The number of sulfonamides is 1. The normalized spacial score (nSPS) is 20.0. The maximum absolute atomic E-state index is 15.8. The Kier molecular flexibility index (Phi) is 12.6. The van der Waals surface area contributed by atoms with Gasteiger partial charge in [0, 0.05) is 18.5 Å². The summed E-state index contributed by atoms with van der Waals surface area (Å²) in [4.78, 5) is 0.287. The van der Waals surface area contributed by atoms with Crippen LogP contribution < -0.4 is 16.0 Å². The lowest BCUT2D eigenvalue weighted by molar-refractivity contribution is 0.198. The molecule has 2 aromatic carbocycles. The predicted octanol–water partition coefficient (Wildman–Crippen LogP) is 5.86. The summed E-state index contributed by atoms with van der Waals surface area (Å²) in [5.74, 6) is 0.506. The van der Waals surface area contributed by atoms with Crippen molar-refractivity contribution >= 4 is 19.9 Å². The average Bonchev–Trinajstić information content (AvgIpc) is 3.46. The number of aromatic nitrogens is 2. The number of hydrogen-bond acceptors (Lipinski definition) is 8. The van der Waals surface area contributed by atoms with Gasteiger partial charge >= 0.3 is 0 Å². The van der Waals surface area contributed by atoms with E-state index in [4.69, 9.17) is 5.10 Å². The Hall–Kier alpha value is -2.61. The molecule has 3 fully saturated rings. The van der Waals surface area contributed by atoms with Crippen molar-refractivity contribution in [3.05, 3.63) is 77.1 Å². The third-order valence-electron chi connectivity index (χ3n) is 11.6. The van der Waals surface area contributed by atoms with Gasteiger partial charge in [0.05, 0.1) is 22.3 Å². The second kappa shape index (κ2) is 16.8. The van der Waals surface area contributed by atoms with Crippen molar-refractivity contribution in [1.82, 2.24) is 30.0 Å². The van der Waals surface area contributed by atoms with Crippen LogP contribution in [0.5, 0.6) is 0 Å². The Labute approximate surface area is 312 Å². The van der Waals surface area contributed by atoms with Crippen LogP contribution in [0, 0.1) is 25.7 Å². The number of nitrogens with zero attached hydrogens (tertiary/aromatic N) is 3. The smallest absolute Gasteiger partial charge is 0.244 e. The number of hydrogen-bond donors (Lipinski definition) is 3. The first-order valence-electron chi connectivity index (χ1n) is 19.5. The van der Waals surface area contributed by atoms with Crippen LogP contribution in [0.15, 0.2) is 64.4 Å². The fourth-order valence-corrected chi connectivity index (χ4v) is 13.9. The number of rotatable bonds is 14. The first-order valence-corrected chi connectivity index (χ1v) is 22.5. The lowest BCUT2D eigenvalue weighted by atomic mass is 9.72. The van der Waals surface area contributed by atoms with Gasteiger partial charge in [-0.25, -0.2) is 16.8 Å². The topological polar surface area (TPSA) is 125 Å². The van der Waals surface area contributed by atoms with E-state index in [0.29, 0.717) is 49.8 Å². The van der Waals surface area contributed by atoms with E-state index in [-0.39, 0.29) is 28.3 Å². The third kappa shape index (κ3) is 8.22. The minimum atomic E-state index is -4.33. The van der Waals surface area contributed by atoms with Gasteiger partial charge in [0.2, 0.25) is 10.0 Å². The molecule has 1 aromatic heterocycles. The molecular formula is C40H60N6O4S2. The van der Waals surface area contributed by atoms with Crippen LogP contribution in [0.4, 0.5) is 0 Å². The Bertz CT molecular complexity index is 1830. The van der Waals surface area contributed by atoms with E-state index in [1.165, 1.54) is 10.7 Å². The number of piperidine rings is 2. The zero-order valence-electron chi connectivity index (χ0n) is 31.6. The fraction of sp³-hybridized carbons (Fsp3) is 0.625. The van der Waals surface area contributed by atoms with Gasteiger partial charge in [0.1, 0.15) is 10.3 Å². The summed E-state index contributed by atoms with van der Waals surface area (Å²) in [6.45, 7) is 12.4. The molecule has 3 heterocycles. The Balaban J connectivity index is 1.44. The Morgan fingerprint density at radius 2 is 1.50 bits per heavy atom. The SMILES string of the molecule is Cc1nn(C2CCCCC2)c(C)c1S(=O)(=O)C(N(CC(C)C)S(=O)(=O)c1ccc(CNCC2CCNCC2)cc1)C1(c2ccccc2)CCNCC1. The molecule has 3 N–H and O–H groups in total. The highest BCUT2D eigenvalue weighted by Gasteiger charge is 2.55. The molecule has 10 nitrogen and oxygen atoms in total. The molecule has 3 aliphatic rings. The molecule has 1 saturated carbocycles. The molecular weight excluding hydrogens is 693 g/mol. The maximum Gasteiger partial charge on any atom is 0.244 e. The highest BCUT2D eigenvalue weighted by Crippen LogP contribution is 2.46. The molecule has 52 heavy (non-hydrogen) atoms. The lowest BCUT2D eigenvalue weighted by Crippen LogP contribution is -2.60. The Morgan fingerprint density at radius 1 is 0.865 bits per heavy atom. The van der Waals surface area contributed by atoms with Crippen LogP contribution >= 0.6 is 0 Å². The molecule has 0 bridgehead atoms. The average molecular weight is 753 g/mol. The largest absolute Gasteiger partial charge is 0.317 e. The highest BCUT2D eigenvalue weighted by molar-refractivity contribution is 7.94. The second-order valence-corrected chi connectivity index (χ2v) is 19.7. The molecule has 1 aliphatic carbocycles. The van der Waals surface area contributed by atoms with E-state index in [1.54, 1.807) is 19.1 Å². The van der Waals surface area contributed by atoms with Gasteiger partial charge in [-0.1, -0.05) is 75.6 Å². The maximum atomic E-state index is 15.8. The molecule has 2 aliphatic heterocycles. The minimum absolute atomic E-state index is 0.0582. The highest BCUT2D eigenvalue weighted by atomic mass is 32.2. The van der Waals surface area contributed by atoms with Crippen molar-refractivity contribution in [2.24, 2.45) is 11.8 Å². The summed E-state index contributed by atoms with van der Waals surface area (Å²) in [7, 11) is -8.63. The van der Waals surface area contributed by atoms with E-state index < -0.39 is 30.6 Å². The molecule has 12 heteroatoms. The number of benzene rings is 2. The molecule has 286 valence electrons. The van der Waals surface area contributed by atoms with Gasteiger partial charge in [0.15, 0.2) is 9.84 Å². The second-order valence-electron chi connectivity index (χ2n) is 15.8. The molecule has 3 aromatic rings. The number of aryl methyl sites for hydroxylation is 1. The summed E-state index contributed by atoms with van der Waals surface area (Å²) in [6, 6.07) is 16.9. The summed E-state index contributed by atoms with van der Waals surface area (Å²) in [5.41, 5.74) is 1.88. The summed E-state index contributed by atoms with van der Waals surface area (Å²) in [5, 5.41) is 13.9. The van der Waals surface area contributed by atoms with Crippen LogP contribution in [0.1, 0.15) is 100 Å². The fourth-order valence-electron chi connectivity index (χ4n) is 9.00. The lowest BCUT2D eigenvalue weighted by Gasteiger charge is -2.48. The van der Waals surface area contributed by atoms with Crippen molar-refractivity contribution in [3.8, 4) is 0 Å². The van der Waals surface area contributed by atoms with Gasteiger partial charge in [0.25, 0.3) is 0 Å². The molecule has 0 radical (unpaired) electrons. The van der Waals surface area contributed by atoms with Crippen molar-refractivity contribution in [3.63, 3.8) is 0 Å². The van der Waals surface area contributed by atoms with Crippen LogP contribution in [-0.2, 0) is 31.8 Å². The zero-order valence-corrected chi connectivity index (χ0v) is 33.2. The van der Waals surface area contributed by atoms with Crippen molar-refractivity contribution < 1.29 is 16.8 Å². The van der Waals surface area contributed by atoms with Crippen molar-refractivity contribution in [2.75, 3.05) is 39.3 Å². The first-order chi connectivity index (χ1) is 24.9. The van der Waals surface area contributed by atoms with E-state index in [1.807, 2.05) is 67.9 Å². The van der Waals surface area contributed by atoms with Crippen LogP contribution in [-0.4, -0.2) is 75.6 Å². The van der Waals surface area contributed by atoms with Gasteiger partial charge in [-0.2, -0.15) is 9.40 Å². The molecule has 2 saturated heterocycles. The predicted molar refractivity (Wildman–Crippen MR) is 207 cm³/mol. The zero-order chi connectivity index (χ0) is 36.9. The monoisotopic (exact) mass is 752 g/mol. The van der Waals surface area contributed by atoms with Crippen molar-refractivity contribution in [1.29, 1.82) is 0 Å². The molecule has 6 rings (SSSR count). The van der Waals surface area contributed by atoms with Crippen LogP contribution in [0.2, 0.25) is 0 Å². The standard InChI is InChI=1S/C40H60N6O4S2/c1-30(2)29-45(52(49,50)37-17-15-33(16-18-37)27-43-28-34-19-23-41-24-20-34)39(40(21-25-42-26-22-40)35-11-7-5-8-12-35)51(47,48)38-31(3)44-46(32(38)4)36-13-9-6-10-14-36/h5,7-8,11-12,15-18,30,34,36,39,41-43H,6,9-10,13-14,19-29H2,1-4H3. The third-order valence-corrected chi connectivity index (χ3v) is 16.1. The van der Waals surface area contributed by atoms with E-state index >= 15 is 16.8 Å². The van der Waals surface area contributed by atoms with Gasteiger partial charge in [-0.05, 0) is 120 Å². The van der Waals surface area contributed by atoms with Crippen LogP contribution in [0.25, 0.3) is 0 Å². The molecule has 0 spiro atoms. The summed E-state index contributed by atoms with van der Waals surface area (Å²) in [6.07, 6.45) is 8.53. The van der Waals surface area contributed by atoms with E-state index in [9.17, 15) is 0 Å². The molecule has 1 atom stereocenters. The van der Waals surface area contributed by atoms with Gasteiger partial charge < -0.3 is 16.0 Å². The number of nitrogens with one attached hydrogen (secondary N) is 3. The Morgan fingerprint density at radius 3 is 2.13 bits per heavy atom. The number of sulfone groups is 1. The molecule has 0 amide bonds. The van der Waals surface area contributed by atoms with Gasteiger partial charge in [-0.15, -0.1) is 0 Å². The minimum Gasteiger partial charge on any atom is -0.317 e. The quantitative estimate of drug-likeness (QED) is 0.187. The van der Waals surface area contributed by atoms with Crippen LogP contribution in [0.3, 0.4) is 0 Å². The molecule has 1 unspecified atom stereocenters. The van der Waals surface area contributed by atoms with E-state index in [0.717, 1.165) is 69.3 Å². The first kappa shape index (κ1) is 39.1.